The number of nitrogens with two attached hydrogens (primary N) is 1. The summed E-state index contributed by atoms with van der Waals surface area (Å²) in [7, 11) is 0. The summed E-state index contributed by atoms with van der Waals surface area (Å²) in [6.45, 7) is 2.74. The van der Waals surface area contributed by atoms with E-state index < -0.39 is 0 Å². The van der Waals surface area contributed by atoms with Gasteiger partial charge in [0.2, 0.25) is 0 Å². The molecule has 1 heterocycles. The fraction of sp³-hybridized carbons (Fsp3) is 0.667. The predicted octanol–water partition coefficient (Wildman–Crippen LogP) is 1.74. The molecule has 0 bridgehead atoms. The lowest BCUT2D eigenvalue weighted by Crippen LogP contribution is -2.49. The first-order chi connectivity index (χ1) is 8.56. The highest BCUT2D eigenvalue weighted by Gasteiger charge is 2.34. The van der Waals surface area contributed by atoms with Crippen molar-refractivity contribution in [1.29, 1.82) is 0 Å². The van der Waals surface area contributed by atoms with E-state index in [2.05, 4.69) is 22.2 Å². The minimum absolute atomic E-state index is 0.101. The van der Waals surface area contributed by atoms with E-state index in [0.717, 1.165) is 19.3 Å². The third kappa shape index (κ3) is 2.67. The number of H-pyrrole nitrogens is 1. The van der Waals surface area contributed by atoms with Crippen LogP contribution in [0.3, 0.4) is 0 Å². The van der Waals surface area contributed by atoms with Gasteiger partial charge in [-0.15, -0.1) is 0 Å². The first-order valence-corrected chi connectivity index (χ1v) is 6.65. The van der Waals surface area contributed by atoms with Gasteiger partial charge in [-0.25, -0.2) is 4.98 Å². The molecule has 5 nitrogen and oxygen atoms in total. The van der Waals surface area contributed by atoms with E-state index in [1.54, 1.807) is 0 Å². The molecule has 0 saturated heterocycles. The van der Waals surface area contributed by atoms with Crippen LogP contribution in [0.1, 0.15) is 32.6 Å². The summed E-state index contributed by atoms with van der Waals surface area (Å²) in [6.07, 6.45) is 5.67. The second-order valence-corrected chi connectivity index (χ2v) is 5.58. The third-order valence-corrected chi connectivity index (χ3v) is 4.01. The zero-order valence-corrected chi connectivity index (χ0v) is 11.3. The number of nitrogens with zero attached hydrogens (tertiary/aromatic N) is 1. The minimum atomic E-state index is -0.329. The second-order valence-electron chi connectivity index (χ2n) is 5.21. The summed E-state index contributed by atoms with van der Waals surface area (Å²) in [4.78, 5) is 18.0. The first-order valence-electron chi connectivity index (χ1n) is 6.28. The zero-order valence-electron chi connectivity index (χ0n) is 10.5. The molecule has 1 saturated carbocycles. The molecule has 0 aliphatic heterocycles. The molecular formula is C12H19ClN4O. The first kappa shape index (κ1) is 13.4. The quantitative estimate of drug-likeness (QED) is 0.781. The van der Waals surface area contributed by atoms with Crippen LogP contribution >= 0.6 is 11.6 Å². The fourth-order valence-electron chi connectivity index (χ4n) is 2.73. The number of halogens is 1. The lowest BCUT2D eigenvalue weighted by atomic mass is 9.76. The maximum Gasteiger partial charge on any atom is 0.271 e. The molecule has 0 amide bonds. The average molecular weight is 271 g/mol. The fourth-order valence-corrected chi connectivity index (χ4v) is 2.88. The van der Waals surface area contributed by atoms with Gasteiger partial charge in [-0.2, -0.15) is 0 Å². The molecule has 2 unspecified atom stereocenters. The Morgan fingerprint density at radius 3 is 3.17 bits per heavy atom. The topological polar surface area (TPSA) is 83.8 Å². The van der Waals surface area contributed by atoms with E-state index in [1.165, 1.54) is 12.7 Å². The van der Waals surface area contributed by atoms with Crippen molar-refractivity contribution >= 4 is 17.4 Å². The number of rotatable bonds is 3. The molecule has 2 rings (SSSR count). The number of hydrogen-bond donors (Lipinski definition) is 3. The summed E-state index contributed by atoms with van der Waals surface area (Å²) in [6, 6.07) is 0. The second kappa shape index (κ2) is 5.28. The van der Waals surface area contributed by atoms with E-state index in [4.69, 9.17) is 17.3 Å². The third-order valence-electron chi connectivity index (χ3n) is 3.66. The van der Waals surface area contributed by atoms with Crippen molar-refractivity contribution in [1.82, 2.24) is 9.97 Å². The van der Waals surface area contributed by atoms with Gasteiger partial charge in [0.05, 0.1) is 11.9 Å². The van der Waals surface area contributed by atoms with E-state index in [9.17, 15) is 4.79 Å². The lowest BCUT2D eigenvalue weighted by Gasteiger charge is -2.40. The molecule has 1 aliphatic rings. The van der Waals surface area contributed by atoms with Gasteiger partial charge in [0.15, 0.2) is 5.82 Å². The standard InChI is InChI=1S/C12H19ClN4O/c1-8-3-2-4-12(5-8,6-14)17-10-9(13)11(18)16-7-15-10/h7-8H,2-6,14H2,1H3,(H2,15,16,17,18). The highest BCUT2D eigenvalue weighted by atomic mass is 35.5. The predicted molar refractivity (Wildman–Crippen MR) is 72.9 cm³/mol. The Morgan fingerprint density at radius 1 is 1.72 bits per heavy atom. The molecule has 1 aliphatic carbocycles. The number of nitrogens with one attached hydrogen (secondary N) is 2. The monoisotopic (exact) mass is 270 g/mol. The zero-order chi connectivity index (χ0) is 13.2. The highest BCUT2D eigenvalue weighted by molar-refractivity contribution is 6.32. The van der Waals surface area contributed by atoms with Crippen molar-refractivity contribution in [3.63, 3.8) is 0 Å². The minimum Gasteiger partial charge on any atom is -0.362 e. The lowest BCUT2D eigenvalue weighted by molar-refractivity contribution is 0.263. The Balaban J connectivity index is 2.24. The number of aromatic nitrogens is 2. The van der Waals surface area contributed by atoms with Gasteiger partial charge in [-0.3, -0.25) is 4.79 Å². The van der Waals surface area contributed by atoms with E-state index in [1.807, 2.05) is 0 Å². The van der Waals surface area contributed by atoms with Crippen LogP contribution in [0.2, 0.25) is 5.02 Å². The molecule has 0 radical (unpaired) electrons. The molecular weight excluding hydrogens is 252 g/mol. The smallest absolute Gasteiger partial charge is 0.271 e. The Bertz CT molecular complexity index is 475. The SMILES string of the molecule is CC1CCCC(CN)(Nc2nc[nH]c(=O)c2Cl)C1. The molecule has 1 aromatic rings. The van der Waals surface area contributed by atoms with Gasteiger partial charge in [-0.05, 0) is 18.8 Å². The van der Waals surface area contributed by atoms with E-state index in [0.29, 0.717) is 18.3 Å². The van der Waals surface area contributed by atoms with Crippen molar-refractivity contribution in [3.8, 4) is 0 Å². The van der Waals surface area contributed by atoms with Gasteiger partial charge in [0, 0.05) is 6.54 Å². The summed E-state index contributed by atoms with van der Waals surface area (Å²) >= 11 is 5.96. The Kier molecular flexibility index (Phi) is 3.92. The summed E-state index contributed by atoms with van der Waals surface area (Å²) in [5.74, 6) is 1.05. The van der Waals surface area contributed by atoms with Crippen LogP contribution in [-0.2, 0) is 0 Å². The van der Waals surface area contributed by atoms with Crippen LogP contribution < -0.4 is 16.6 Å². The molecule has 100 valence electrons. The van der Waals surface area contributed by atoms with Crippen LogP contribution in [0.5, 0.6) is 0 Å². The molecule has 0 aromatic carbocycles. The van der Waals surface area contributed by atoms with Gasteiger partial charge in [0.1, 0.15) is 5.02 Å². The largest absolute Gasteiger partial charge is 0.362 e. The molecule has 1 fully saturated rings. The Labute approximate surface area is 111 Å². The van der Waals surface area contributed by atoms with Crippen LogP contribution in [0.4, 0.5) is 5.82 Å². The van der Waals surface area contributed by atoms with Gasteiger partial charge < -0.3 is 16.0 Å². The Morgan fingerprint density at radius 2 is 2.50 bits per heavy atom. The number of hydrogen-bond acceptors (Lipinski definition) is 4. The van der Waals surface area contributed by atoms with E-state index >= 15 is 0 Å². The highest BCUT2D eigenvalue weighted by Crippen LogP contribution is 2.34. The molecule has 4 N–H and O–H groups in total. The van der Waals surface area contributed by atoms with Crippen LogP contribution in [-0.4, -0.2) is 22.1 Å². The van der Waals surface area contributed by atoms with Gasteiger partial charge in [0.25, 0.3) is 5.56 Å². The van der Waals surface area contributed by atoms with Gasteiger partial charge in [-0.1, -0.05) is 31.4 Å². The maximum atomic E-state index is 11.4. The van der Waals surface area contributed by atoms with Crippen LogP contribution in [0.15, 0.2) is 11.1 Å². The molecule has 2 atom stereocenters. The molecule has 1 aromatic heterocycles. The van der Waals surface area contributed by atoms with Crippen molar-refractivity contribution in [2.45, 2.75) is 38.1 Å². The number of anilines is 1. The number of aromatic amines is 1. The molecule has 18 heavy (non-hydrogen) atoms. The Hall–Kier alpha value is -1.07. The summed E-state index contributed by atoms with van der Waals surface area (Å²) in [5, 5.41) is 3.40. The molecule has 0 spiro atoms. The average Bonchev–Trinajstić information content (AvgIpc) is 2.35. The van der Waals surface area contributed by atoms with Crippen molar-refractivity contribution in [3.05, 3.63) is 21.7 Å². The molecule has 6 heteroatoms. The van der Waals surface area contributed by atoms with Crippen LogP contribution in [0.25, 0.3) is 0 Å². The van der Waals surface area contributed by atoms with E-state index in [-0.39, 0.29) is 16.1 Å². The van der Waals surface area contributed by atoms with Gasteiger partial charge >= 0.3 is 0 Å². The van der Waals surface area contributed by atoms with Crippen molar-refractivity contribution in [2.75, 3.05) is 11.9 Å². The van der Waals surface area contributed by atoms with Crippen molar-refractivity contribution in [2.24, 2.45) is 11.7 Å². The summed E-state index contributed by atoms with van der Waals surface area (Å²) < 4.78 is 0. The normalized spacial score (nSPS) is 28.1. The van der Waals surface area contributed by atoms with Crippen molar-refractivity contribution < 1.29 is 0 Å². The maximum absolute atomic E-state index is 11.4. The summed E-state index contributed by atoms with van der Waals surface area (Å²) in [5.41, 5.74) is 5.40. The van der Waals surface area contributed by atoms with Crippen LogP contribution in [0, 0.1) is 5.92 Å².